The number of imide groups is 1. The van der Waals surface area contributed by atoms with Crippen LogP contribution in [0.2, 0.25) is 0 Å². The van der Waals surface area contributed by atoms with Gasteiger partial charge in [0, 0.05) is 10.9 Å². The number of carbonyl (C=O) groups excluding carboxylic acids is 3. The molecule has 1 saturated heterocycles. The second-order valence-electron chi connectivity index (χ2n) is 7.76. The second-order valence-corrected chi connectivity index (χ2v) is 9.81. The maximum absolute atomic E-state index is 13.1. The van der Waals surface area contributed by atoms with E-state index in [0.29, 0.717) is 27.5 Å². The Kier molecular flexibility index (Phi) is 7.52. The van der Waals surface area contributed by atoms with Gasteiger partial charge in [0.25, 0.3) is 11.1 Å². The first-order valence-electron chi connectivity index (χ1n) is 10.7. The van der Waals surface area contributed by atoms with E-state index in [-0.39, 0.29) is 35.0 Å². The molecule has 3 amide bonds. The minimum absolute atomic E-state index is 0.108. The van der Waals surface area contributed by atoms with Crippen LogP contribution in [0, 0.1) is 0 Å². The van der Waals surface area contributed by atoms with Gasteiger partial charge < -0.3 is 29.7 Å². The van der Waals surface area contributed by atoms with Crippen molar-refractivity contribution in [2.24, 2.45) is 0 Å². The number of fused-ring (bicyclic) bond motifs is 1. The minimum atomic E-state index is -1.77. The number of nitrogens with one attached hydrogen (secondary N) is 1. The maximum Gasteiger partial charge on any atom is 0.394 e. The van der Waals surface area contributed by atoms with E-state index < -0.39 is 35.1 Å². The third-order valence-electron chi connectivity index (χ3n) is 5.53. The summed E-state index contributed by atoms with van der Waals surface area (Å²) in [6.07, 6.45) is 0.884. The molecule has 1 unspecified atom stereocenters. The molecule has 3 N–H and O–H groups in total. The van der Waals surface area contributed by atoms with Gasteiger partial charge in [-0.2, -0.15) is 0 Å². The van der Waals surface area contributed by atoms with E-state index in [2.05, 4.69) is 5.32 Å². The summed E-state index contributed by atoms with van der Waals surface area (Å²) >= 11 is 1.59. The normalized spacial score (nSPS) is 18.1. The Morgan fingerprint density at radius 1 is 1.16 bits per heavy atom. The van der Waals surface area contributed by atoms with E-state index >= 15 is 0 Å². The number of thioether (sulfide) groups is 1. The number of carbonyl (C=O) groups is 5. The number of hydrogen-bond acceptors (Lipinski definition) is 10. The SMILES string of the molecule is COc1cc(C=C2SC(=O)N(CC3OCCc4c3sc(NC(=O)C(=O)O)c4C(=O)O)C2=O)cc(OC)c1. The molecule has 2 aliphatic heterocycles. The van der Waals surface area contributed by atoms with E-state index in [9.17, 15) is 29.1 Å². The molecule has 1 atom stereocenters. The van der Waals surface area contributed by atoms with Gasteiger partial charge in [0.2, 0.25) is 0 Å². The van der Waals surface area contributed by atoms with Crippen molar-refractivity contribution in [3.05, 3.63) is 44.7 Å². The standard InChI is InChI=1S/C23H20N2O10S2/c1-33-11-5-10(6-12(8-11)34-2)7-15-20(27)25(23(32)36-15)9-14-17-13(3-4-35-14)16(21(28)29)19(37-17)24-18(26)22(30)31/h5-8,14H,3-4,9H2,1-2H3,(H,24,26)(H,28,29)(H,30,31). The lowest BCUT2D eigenvalue weighted by molar-refractivity contribution is -0.147. The number of hydrogen-bond donors (Lipinski definition) is 3. The van der Waals surface area contributed by atoms with Gasteiger partial charge >= 0.3 is 17.8 Å². The Bertz CT molecular complexity index is 1330. The van der Waals surface area contributed by atoms with Crippen LogP contribution in [0.1, 0.15) is 32.5 Å². The predicted octanol–water partition coefficient (Wildman–Crippen LogP) is 2.84. The fourth-order valence-electron chi connectivity index (χ4n) is 3.86. The smallest absolute Gasteiger partial charge is 0.394 e. The molecule has 1 aromatic carbocycles. The highest BCUT2D eigenvalue weighted by molar-refractivity contribution is 8.18. The molecule has 0 bridgehead atoms. The van der Waals surface area contributed by atoms with Gasteiger partial charge in [-0.15, -0.1) is 11.3 Å². The molecule has 1 fully saturated rings. The molecule has 2 aliphatic rings. The molecule has 0 aliphatic carbocycles. The van der Waals surface area contributed by atoms with Crippen LogP contribution in [0.3, 0.4) is 0 Å². The first kappa shape index (κ1) is 26.2. The van der Waals surface area contributed by atoms with Crippen LogP contribution >= 0.6 is 23.1 Å². The summed E-state index contributed by atoms with van der Waals surface area (Å²) < 4.78 is 16.2. The van der Waals surface area contributed by atoms with Crippen LogP contribution in [0.15, 0.2) is 23.1 Å². The molecule has 37 heavy (non-hydrogen) atoms. The molecule has 0 radical (unpaired) electrons. The number of nitrogens with zero attached hydrogens (tertiary/aromatic N) is 1. The zero-order chi connectivity index (χ0) is 26.9. The number of aliphatic carboxylic acids is 1. The van der Waals surface area contributed by atoms with Gasteiger partial charge in [-0.1, -0.05) is 0 Å². The highest BCUT2D eigenvalue weighted by Crippen LogP contribution is 2.43. The van der Waals surface area contributed by atoms with E-state index in [1.165, 1.54) is 20.3 Å². The van der Waals surface area contributed by atoms with Gasteiger partial charge in [0.1, 0.15) is 22.6 Å². The number of aromatic carboxylic acids is 1. The van der Waals surface area contributed by atoms with Crippen molar-refractivity contribution in [1.29, 1.82) is 0 Å². The third kappa shape index (κ3) is 5.30. The first-order chi connectivity index (χ1) is 17.6. The fourth-order valence-corrected chi connectivity index (χ4v) is 5.99. The Morgan fingerprint density at radius 2 is 1.84 bits per heavy atom. The zero-order valence-electron chi connectivity index (χ0n) is 19.4. The Labute approximate surface area is 217 Å². The monoisotopic (exact) mass is 548 g/mol. The lowest BCUT2D eigenvalue weighted by Gasteiger charge is -2.26. The van der Waals surface area contributed by atoms with Gasteiger partial charge in [0.05, 0.1) is 37.8 Å². The summed E-state index contributed by atoms with van der Waals surface area (Å²) in [5, 5.41) is 20.0. The number of ether oxygens (including phenoxy) is 3. The lowest BCUT2D eigenvalue weighted by Crippen LogP contribution is -2.34. The summed E-state index contributed by atoms with van der Waals surface area (Å²) in [7, 11) is 2.98. The Morgan fingerprint density at radius 3 is 2.43 bits per heavy atom. The molecule has 3 heterocycles. The summed E-state index contributed by atoms with van der Waals surface area (Å²) in [4.78, 5) is 61.9. The highest BCUT2D eigenvalue weighted by atomic mass is 32.2. The highest BCUT2D eigenvalue weighted by Gasteiger charge is 2.40. The van der Waals surface area contributed by atoms with Crippen LogP contribution in [-0.4, -0.2) is 71.5 Å². The van der Waals surface area contributed by atoms with Gasteiger partial charge in [-0.3, -0.25) is 19.3 Å². The molecule has 14 heteroatoms. The van der Waals surface area contributed by atoms with E-state index in [0.717, 1.165) is 28.0 Å². The molecule has 2 aromatic rings. The fraction of sp³-hybridized carbons (Fsp3) is 0.261. The number of methoxy groups -OCH3 is 2. The van der Waals surface area contributed by atoms with Gasteiger partial charge in [-0.25, -0.2) is 9.59 Å². The Balaban J connectivity index is 1.61. The number of thiophene rings is 1. The van der Waals surface area contributed by atoms with Crippen molar-refractivity contribution in [2.75, 3.05) is 32.7 Å². The quantitative estimate of drug-likeness (QED) is 0.344. The largest absolute Gasteiger partial charge is 0.497 e. The van der Waals surface area contributed by atoms with Crippen molar-refractivity contribution >= 4 is 63.2 Å². The first-order valence-corrected chi connectivity index (χ1v) is 12.3. The van der Waals surface area contributed by atoms with E-state index in [4.69, 9.17) is 19.3 Å². The molecular formula is C23H20N2O10S2. The molecule has 194 valence electrons. The van der Waals surface area contributed by atoms with Crippen molar-refractivity contribution < 1.29 is 48.4 Å². The van der Waals surface area contributed by atoms with Crippen molar-refractivity contribution in [2.45, 2.75) is 12.5 Å². The summed E-state index contributed by atoms with van der Waals surface area (Å²) in [5.41, 5.74) is 0.713. The number of carboxylic acid groups (broad SMARTS) is 2. The van der Waals surface area contributed by atoms with Crippen LogP contribution in [0.4, 0.5) is 9.80 Å². The van der Waals surface area contributed by atoms with Gasteiger partial charge in [0.15, 0.2) is 0 Å². The summed E-state index contributed by atoms with van der Waals surface area (Å²) in [5.74, 6) is -4.04. The Hall–Kier alpha value is -3.88. The summed E-state index contributed by atoms with van der Waals surface area (Å²) in [6.45, 7) is -0.0843. The molecule has 12 nitrogen and oxygen atoms in total. The van der Waals surface area contributed by atoms with Gasteiger partial charge in [-0.05, 0) is 47.5 Å². The van der Waals surface area contributed by atoms with Crippen molar-refractivity contribution in [1.82, 2.24) is 4.90 Å². The second kappa shape index (κ2) is 10.6. The van der Waals surface area contributed by atoms with E-state index in [1.807, 2.05) is 0 Å². The minimum Gasteiger partial charge on any atom is -0.497 e. The number of carboxylic acids is 2. The number of anilines is 1. The van der Waals surface area contributed by atoms with Crippen LogP contribution in [0.25, 0.3) is 6.08 Å². The topological polar surface area (TPSA) is 169 Å². The van der Waals surface area contributed by atoms with Crippen LogP contribution < -0.4 is 14.8 Å². The number of rotatable bonds is 7. The molecule has 0 saturated carbocycles. The lowest BCUT2D eigenvalue weighted by atomic mass is 10.0. The molecule has 1 aromatic heterocycles. The zero-order valence-corrected chi connectivity index (χ0v) is 21.1. The van der Waals surface area contributed by atoms with Crippen LogP contribution in [-0.2, 0) is 25.5 Å². The summed E-state index contributed by atoms with van der Waals surface area (Å²) in [6, 6.07) is 5.03. The molecule has 0 spiro atoms. The average molecular weight is 549 g/mol. The number of amides is 3. The van der Waals surface area contributed by atoms with Crippen molar-refractivity contribution in [3.63, 3.8) is 0 Å². The predicted molar refractivity (Wildman–Crippen MR) is 132 cm³/mol. The van der Waals surface area contributed by atoms with Crippen LogP contribution in [0.5, 0.6) is 11.5 Å². The van der Waals surface area contributed by atoms with E-state index in [1.54, 1.807) is 18.2 Å². The number of benzene rings is 1. The maximum atomic E-state index is 13.1. The van der Waals surface area contributed by atoms with Crippen molar-refractivity contribution in [3.8, 4) is 11.5 Å². The third-order valence-corrected chi connectivity index (χ3v) is 7.68. The molecular weight excluding hydrogens is 528 g/mol. The molecule has 4 rings (SSSR count). The average Bonchev–Trinajstić information content (AvgIpc) is 3.36.